The molecule has 0 atom stereocenters. The van der Waals surface area contributed by atoms with Gasteiger partial charge >= 0.3 is 5.97 Å². The van der Waals surface area contributed by atoms with Crippen LogP contribution >= 0.6 is 0 Å². The molecule has 2 aromatic carbocycles. The first-order valence-corrected chi connectivity index (χ1v) is 6.18. The van der Waals surface area contributed by atoms with E-state index < -0.39 is 11.8 Å². The van der Waals surface area contributed by atoms with Crippen molar-refractivity contribution < 1.29 is 19.0 Å². The molecule has 3 nitrogen and oxygen atoms in total. The number of carbonyl (C=O) groups is 1. The molecule has 0 aliphatic heterocycles. The van der Waals surface area contributed by atoms with E-state index >= 15 is 0 Å². The van der Waals surface area contributed by atoms with Gasteiger partial charge < -0.3 is 9.84 Å². The lowest BCUT2D eigenvalue weighted by atomic mass is 10.1. The minimum Gasteiger partial charge on any atom is -0.489 e. The summed E-state index contributed by atoms with van der Waals surface area (Å²) in [7, 11) is 0. The van der Waals surface area contributed by atoms with Gasteiger partial charge in [0.15, 0.2) is 0 Å². The highest BCUT2D eigenvalue weighted by molar-refractivity contribution is 5.87. The maximum Gasteiger partial charge on any atom is 0.335 e. The van der Waals surface area contributed by atoms with E-state index in [1.54, 1.807) is 0 Å². The van der Waals surface area contributed by atoms with Gasteiger partial charge in [0.05, 0.1) is 5.56 Å². The number of ether oxygens (including phenoxy) is 1. The Hall–Kier alpha value is -2.36. The van der Waals surface area contributed by atoms with Crippen LogP contribution in [0.2, 0.25) is 0 Å². The van der Waals surface area contributed by atoms with E-state index in [4.69, 9.17) is 9.84 Å². The zero-order valence-electron chi connectivity index (χ0n) is 11.3. The molecular formula is C16H15FO3. The quantitative estimate of drug-likeness (QED) is 0.924. The van der Waals surface area contributed by atoms with Crippen molar-refractivity contribution in [2.24, 2.45) is 0 Å². The first-order chi connectivity index (χ1) is 9.45. The van der Waals surface area contributed by atoms with Crippen molar-refractivity contribution in [3.8, 4) is 5.75 Å². The Morgan fingerprint density at radius 2 is 1.95 bits per heavy atom. The average molecular weight is 274 g/mol. The molecule has 0 bridgehead atoms. The van der Waals surface area contributed by atoms with Gasteiger partial charge in [0, 0.05) is 0 Å². The lowest BCUT2D eigenvalue weighted by Gasteiger charge is -2.10. The van der Waals surface area contributed by atoms with Crippen LogP contribution in [0.4, 0.5) is 4.39 Å². The van der Waals surface area contributed by atoms with Crippen LogP contribution in [0.25, 0.3) is 0 Å². The van der Waals surface area contributed by atoms with Crippen LogP contribution < -0.4 is 4.74 Å². The second-order valence-corrected chi connectivity index (χ2v) is 4.71. The summed E-state index contributed by atoms with van der Waals surface area (Å²) in [4.78, 5) is 10.9. The van der Waals surface area contributed by atoms with Gasteiger partial charge in [-0.1, -0.05) is 12.1 Å². The summed E-state index contributed by atoms with van der Waals surface area (Å²) in [5, 5.41) is 8.89. The van der Waals surface area contributed by atoms with Crippen molar-refractivity contribution >= 4 is 5.97 Å². The van der Waals surface area contributed by atoms with Gasteiger partial charge in [-0.05, 0) is 54.8 Å². The third-order valence-electron chi connectivity index (χ3n) is 2.94. The van der Waals surface area contributed by atoms with E-state index in [1.807, 2.05) is 32.0 Å². The lowest BCUT2D eigenvalue weighted by Crippen LogP contribution is -2.02. The molecule has 2 rings (SSSR count). The molecule has 20 heavy (non-hydrogen) atoms. The highest BCUT2D eigenvalue weighted by Gasteiger charge is 2.08. The predicted octanol–water partition coefficient (Wildman–Crippen LogP) is 3.72. The SMILES string of the molecule is Cc1ccc(C)c(OCc2cc(F)cc(C(=O)O)c2)c1. The van der Waals surface area contributed by atoms with Crippen molar-refractivity contribution in [2.75, 3.05) is 0 Å². The van der Waals surface area contributed by atoms with Crippen LogP contribution in [-0.4, -0.2) is 11.1 Å². The Kier molecular flexibility index (Phi) is 4.03. The molecule has 2 aromatic rings. The average Bonchev–Trinajstić information content (AvgIpc) is 2.39. The van der Waals surface area contributed by atoms with Gasteiger partial charge in [0.25, 0.3) is 0 Å². The van der Waals surface area contributed by atoms with Crippen LogP contribution in [0.1, 0.15) is 27.0 Å². The minimum absolute atomic E-state index is 0.0791. The number of benzene rings is 2. The molecule has 0 fully saturated rings. The fraction of sp³-hybridized carbons (Fsp3) is 0.188. The molecule has 104 valence electrons. The Bertz CT molecular complexity index is 650. The molecule has 0 aromatic heterocycles. The zero-order chi connectivity index (χ0) is 14.7. The molecule has 0 aliphatic carbocycles. The van der Waals surface area contributed by atoms with Crippen LogP contribution in [0, 0.1) is 19.7 Å². The molecule has 0 unspecified atom stereocenters. The highest BCUT2D eigenvalue weighted by Crippen LogP contribution is 2.21. The summed E-state index contributed by atoms with van der Waals surface area (Å²) in [6.07, 6.45) is 0. The van der Waals surface area contributed by atoms with Gasteiger partial charge in [-0.2, -0.15) is 0 Å². The van der Waals surface area contributed by atoms with E-state index in [0.717, 1.165) is 17.2 Å². The summed E-state index contributed by atoms with van der Waals surface area (Å²) in [5.41, 5.74) is 2.45. The van der Waals surface area contributed by atoms with Crippen LogP contribution in [0.5, 0.6) is 5.75 Å². The third kappa shape index (κ3) is 3.35. The Morgan fingerprint density at radius 3 is 2.65 bits per heavy atom. The largest absolute Gasteiger partial charge is 0.489 e. The number of hydrogen-bond donors (Lipinski definition) is 1. The summed E-state index contributed by atoms with van der Waals surface area (Å²) >= 11 is 0. The monoisotopic (exact) mass is 274 g/mol. The topological polar surface area (TPSA) is 46.5 Å². The first kappa shape index (κ1) is 14.1. The van der Waals surface area contributed by atoms with Crippen molar-refractivity contribution in [1.82, 2.24) is 0 Å². The minimum atomic E-state index is -1.16. The lowest BCUT2D eigenvalue weighted by molar-refractivity contribution is 0.0696. The number of halogens is 1. The first-order valence-electron chi connectivity index (χ1n) is 6.18. The van der Waals surface area contributed by atoms with Crippen LogP contribution in [0.3, 0.4) is 0 Å². The van der Waals surface area contributed by atoms with Gasteiger partial charge in [-0.3, -0.25) is 0 Å². The zero-order valence-corrected chi connectivity index (χ0v) is 11.3. The van der Waals surface area contributed by atoms with Crippen LogP contribution in [0.15, 0.2) is 36.4 Å². The van der Waals surface area contributed by atoms with E-state index in [0.29, 0.717) is 11.3 Å². The fourth-order valence-electron chi connectivity index (χ4n) is 1.88. The van der Waals surface area contributed by atoms with Crippen molar-refractivity contribution in [3.05, 3.63) is 64.5 Å². The summed E-state index contributed by atoms with van der Waals surface area (Å²) in [5.74, 6) is -1.02. The number of carboxylic acids is 1. The number of carboxylic acid groups (broad SMARTS) is 1. The number of aromatic carboxylic acids is 1. The molecule has 0 spiro atoms. The van der Waals surface area contributed by atoms with E-state index in [-0.39, 0.29) is 12.2 Å². The smallest absolute Gasteiger partial charge is 0.335 e. The molecule has 0 amide bonds. The van der Waals surface area contributed by atoms with Crippen molar-refractivity contribution in [1.29, 1.82) is 0 Å². The van der Waals surface area contributed by atoms with E-state index in [1.165, 1.54) is 12.1 Å². The van der Waals surface area contributed by atoms with Gasteiger partial charge in [0.2, 0.25) is 0 Å². The molecule has 0 heterocycles. The van der Waals surface area contributed by atoms with E-state index in [9.17, 15) is 9.18 Å². The Morgan fingerprint density at radius 1 is 1.20 bits per heavy atom. The highest BCUT2D eigenvalue weighted by atomic mass is 19.1. The number of hydrogen-bond acceptors (Lipinski definition) is 2. The summed E-state index contributed by atoms with van der Waals surface area (Å²) in [6, 6.07) is 9.50. The predicted molar refractivity (Wildman–Crippen MR) is 73.6 cm³/mol. The molecule has 0 aliphatic rings. The third-order valence-corrected chi connectivity index (χ3v) is 2.94. The maximum absolute atomic E-state index is 13.3. The Labute approximate surface area is 116 Å². The molecule has 4 heteroatoms. The normalized spacial score (nSPS) is 10.3. The Balaban J connectivity index is 2.18. The second kappa shape index (κ2) is 5.74. The number of aryl methyl sites for hydroxylation is 2. The van der Waals surface area contributed by atoms with Crippen LogP contribution in [-0.2, 0) is 6.61 Å². The standard InChI is InChI=1S/C16H15FO3/c1-10-3-4-11(2)15(5-10)20-9-12-6-13(16(18)19)8-14(17)7-12/h3-8H,9H2,1-2H3,(H,18,19). The van der Waals surface area contributed by atoms with Crippen molar-refractivity contribution in [2.45, 2.75) is 20.5 Å². The fourth-order valence-corrected chi connectivity index (χ4v) is 1.88. The summed E-state index contributed by atoms with van der Waals surface area (Å²) < 4.78 is 19.0. The van der Waals surface area contributed by atoms with Crippen molar-refractivity contribution in [3.63, 3.8) is 0 Å². The van der Waals surface area contributed by atoms with E-state index in [2.05, 4.69) is 0 Å². The molecule has 0 saturated carbocycles. The van der Waals surface area contributed by atoms with Gasteiger partial charge in [-0.25, -0.2) is 9.18 Å². The number of rotatable bonds is 4. The molecule has 0 saturated heterocycles. The molecular weight excluding hydrogens is 259 g/mol. The molecule has 0 radical (unpaired) electrons. The summed E-state index contributed by atoms with van der Waals surface area (Å²) in [6.45, 7) is 4.00. The maximum atomic E-state index is 13.3. The van der Waals surface area contributed by atoms with Gasteiger partial charge in [-0.15, -0.1) is 0 Å². The van der Waals surface area contributed by atoms with Gasteiger partial charge in [0.1, 0.15) is 18.2 Å². The second-order valence-electron chi connectivity index (χ2n) is 4.71. The molecule has 1 N–H and O–H groups in total.